The highest BCUT2D eigenvalue weighted by Gasteiger charge is 2.17. The zero-order valence-electron chi connectivity index (χ0n) is 8.26. The maximum atomic E-state index is 5.39. The molecule has 2 aromatic rings. The quantitative estimate of drug-likeness (QED) is 0.729. The average molecular weight is 187 g/mol. The van der Waals surface area contributed by atoms with Crippen LogP contribution in [0.4, 0.5) is 0 Å². The summed E-state index contributed by atoms with van der Waals surface area (Å²) in [6.45, 7) is 0. The third-order valence-electron chi connectivity index (χ3n) is 3.09. The molecular weight excluding hydrogens is 174 g/mol. The van der Waals surface area contributed by atoms with Gasteiger partial charge < -0.3 is 9.72 Å². The Morgan fingerprint density at radius 2 is 2.21 bits per heavy atom. The molecule has 72 valence electrons. The van der Waals surface area contributed by atoms with Gasteiger partial charge in [-0.25, -0.2) is 0 Å². The molecule has 0 spiro atoms. The maximum absolute atomic E-state index is 5.39. The molecule has 0 radical (unpaired) electrons. The van der Waals surface area contributed by atoms with Crippen LogP contribution in [0, 0.1) is 0 Å². The van der Waals surface area contributed by atoms with Crippen LogP contribution in [-0.4, -0.2) is 12.1 Å². The van der Waals surface area contributed by atoms with Crippen molar-refractivity contribution in [2.45, 2.75) is 19.3 Å². The number of benzene rings is 1. The van der Waals surface area contributed by atoms with Gasteiger partial charge in [0.05, 0.1) is 7.11 Å². The van der Waals surface area contributed by atoms with Crippen molar-refractivity contribution in [3.8, 4) is 5.75 Å². The number of hydrogen-bond donors (Lipinski definition) is 1. The van der Waals surface area contributed by atoms with Crippen LogP contribution in [0.1, 0.15) is 17.5 Å². The number of ether oxygens (including phenoxy) is 1. The molecule has 1 aromatic carbocycles. The Bertz CT molecular complexity index is 484. The van der Waals surface area contributed by atoms with Crippen molar-refractivity contribution in [1.82, 2.24) is 4.98 Å². The molecule has 1 heterocycles. The second kappa shape index (κ2) is 2.77. The highest BCUT2D eigenvalue weighted by atomic mass is 16.5. The number of aryl methyl sites for hydroxylation is 2. The number of methoxy groups -OCH3 is 1. The van der Waals surface area contributed by atoms with E-state index in [2.05, 4.69) is 23.3 Å². The van der Waals surface area contributed by atoms with Crippen molar-refractivity contribution < 1.29 is 4.74 Å². The summed E-state index contributed by atoms with van der Waals surface area (Å²) in [6, 6.07) is 4.16. The monoisotopic (exact) mass is 187 g/mol. The van der Waals surface area contributed by atoms with E-state index in [0.717, 1.165) is 12.2 Å². The van der Waals surface area contributed by atoms with Crippen LogP contribution in [0.2, 0.25) is 0 Å². The van der Waals surface area contributed by atoms with E-state index < -0.39 is 0 Å². The molecule has 0 aliphatic heterocycles. The zero-order chi connectivity index (χ0) is 9.54. The van der Waals surface area contributed by atoms with Crippen molar-refractivity contribution in [1.29, 1.82) is 0 Å². The first-order chi connectivity index (χ1) is 6.90. The molecule has 14 heavy (non-hydrogen) atoms. The fourth-order valence-corrected chi connectivity index (χ4v) is 2.45. The summed E-state index contributed by atoms with van der Waals surface area (Å²) in [5, 5.41) is 1.40. The van der Waals surface area contributed by atoms with Gasteiger partial charge in [0.25, 0.3) is 0 Å². The van der Waals surface area contributed by atoms with Crippen LogP contribution in [0.5, 0.6) is 5.75 Å². The summed E-state index contributed by atoms with van der Waals surface area (Å²) in [6.07, 6.45) is 5.71. The minimum Gasteiger partial charge on any atom is -0.496 e. The molecule has 0 unspecified atom stereocenters. The van der Waals surface area contributed by atoms with E-state index in [1.165, 1.54) is 34.9 Å². The van der Waals surface area contributed by atoms with E-state index in [-0.39, 0.29) is 0 Å². The number of aromatic nitrogens is 1. The fraction of sp³-hybridized carbons (Fsp3) is 0.333. The second-order valence-corrected chi connectivity index (χ2v) is 3.84. The smallest absolute Gasteiger partial charge is 0.122 e. The molecule has 0 atom stereocenters. The highest BCUT2D eigenvalue weighted by Crippen LogP contribution is 2.35. The van der Waals surface area contributed by atoms with Gasteiger partial charge in [-0.1, -0.05) is 0 Å². The number of aromatic amines is 1. The third-order valence-corrected chi connectivity index (χ3v) is 3.09. The first-order valence-corrected chi connectivity index (χ1v) is 5.06. The second-order valence-electron chi connectivity index (χ2n) is 3.84. The predicted octanol–water partition coefficient (Wildman–Crippen LogP) is 2.67. The van der Waals surface area contributed by atoms with Crippen LogP contribution in [0.3, 0.4) is 0 Å². The Morgan fingerprint density at radius 1 is 1.29 bits per heavy atom. The van der Waals surface area contributed by atoms with E-state index in [1.807, 2.05) is 0 Å². The molecule has 0 fully saturated rings. The number of nitrogens with one attached hydrogen (secondary N) is 1. The molecule has 0 saturated carbocycles. The molecule has 0 saturated heterocycles. The Balaban J connectivity index is 2.41. The molecule has 0 amide bonds. The van der Waals surface area contributed by atoms with Gasteiger partial charge in [0.1, 0.15) is 5.75 Å². The Kier molecular flexibility index (Phi) is 1.57. The van der Waals surface area contributed by atoms with Crippen LogP contribution in [-0.2, 0) is 12.8 Å². The van der Waals surface area contributed by atoms with Crippen molar-refractivity contribution in [3.63, 3.8) is 0 Å². The van der Waals surface area contributed by atoms with E-state index in [4.69, 9.17) is 4.74 Å². The van der Waals surface area contributed by atoms with Gasteiger partial charge in [-0.3, -0.25) is 0 Å². The minimum atomic E-state index is 1.04. The molecule has 3 rings (SSSR count). The lowest BCUT2D eigenvalue weighted by molar-refractivity contribution is 0.409. The summed E-state index contributed by atoms with van der Waals surface area (Å²) < 4.78 is 5.39. The summed E-state index contributed by atoms with van der Waals surface area (Å²) in [5.74, 6) is 1.04. The van der Waals surface area contributed by atoms with Crippen molar-refractivity contribution >= 4 is 10.9 Å². The molecule has 0 bridgehead atoms. The first-order valence-electron chi connectivity index (χ1n) is 5.06. The van der Waals surface area contributed by atoms with E-state index in [0.29, 0.717) is 0 Å². The van der Waals surface area contributed by atoms with Crippen LogP contribution >= 0.6 is 0 Å². The molecule has 1 aliphatic carbocycles. The fourth-order valence-electron chi connectivity index (χ4n) is 2.45. The Hall–Kier alpha value is -1.44. The van der Waals surface area contributed by atoms with Gasteiger partial charge in [0.2, 0.25) is 0 Å². The van der Waals surface area contributed by atoms with Gasteiger partial charge in [-0.2, -0.15) is 0 Å². The third kappa shape index (κ3) is 0.910. The predicted molar refractivity (Wildman–Crippen MR) is 56.9 cm³/mol. The molecule has 1 aliphatic rings. The molecule has 1 aromatic heterocycles. The SMILES string of the molecule is COc1ccc2[nH]cc3c2c1CCC3. The van der Waals surface area contributed by atoms with Gasteiger partial charge in [0, 0.05) is 22.7 Å². The van der Waals surface area contributed by atoms with Crippen molar-refractivity contribution in [2.24, 2.45) is 0 Å². The standard InChI is InChI=1S/C12H13NO/c1-14-11-6-5-10-12-8(7-13-10)3-2-4-9(11)12/h5-7,13H,2-4H2,1H3. The Labute approximate surface area is 82.9 Å². The van der Waals surface area contributed by atoms with E-state index in [9.17, 15) is 0 Å². The summed E-state index contributed by atoms with van der Waals surface area (Å²) >= 11 is 0. The van der Waals surface area contributed by atoms with Gasteiger partial charge in [-0.05, 0) is 37.0 Å². The van der Waals surface area contributed by atoms with E-state index in [1.54, 1.807) is 7.11 Å². The molecule has 2 heteroatoms. The van der Waals surface area contributed by atoms with E-state index >= 15 is 0 Å². The highest BCUT2D eigenvalue weighted by molar-refractivity contribution is 5.89. The van der Waals surface area contributed by atoms with Crippen LogP contribution in [0.15, 0.2) is 18.3 Å². The van der Waals surface area contributed by atoms with Crippen molar-refractivity contribution in [3.05, 3.63) is 29.5 Å². The van der Waals surface area contributed by atoms with Crippen LogP contribution in [0.25, 0.3) is 10.9 Å². The largest absolute Gasteiger partial charge is 0.496 e. The lowest BCUT2D eigenvalue weighted by Crippen LogP contribution is -2.00. The molecule has 1 N–H and O–H groups in total. The molecular formula is C12H13NO. The number of rotatable bonds is 1. The van der Waals surface area contributed by atoms with Gasteiger partial charge in [-0.15, -0.1) is 0 Å². The lowest BCUT2D eigenvalue weighted by atomic mass is 9.92. The summed E-state index contributed by atoms with van der Waals surface area (Å²) in [7, 11) is 1.75. The average Bonchev–Trinajstić information content (AvgIpc) is 2.65. The summed E-state index contributed by atoms with van der Waals surface area (Å²) in [5.41, 5.74) is 4.07. The van der Waals surface area contributed by atoms with Crippen LogP contribution < -0.4 is 4.74 Å². The Morgan fingerprint density at radius 3 is 3.07 bits per heavy atom. The minimum absolute atomic E-state index is 1.04. The topological polar surface area (TPSA) is 25.0 Å². The number of hydrogen-bond acceptors (Lipinski definition) is 1. The van der Waals surface area contributed by atoms with Gasteiger partial charge in [0.15, 0.2) is 0 Å². The normalized spacial score (nSPS) is 14.6. The zero-order valence-corrected chi connectivity index (χ0v) is 8.26. The van der Waals surface area contributed by atoms with Gasteiger partial charge >= 0.3 is 0 Å². The molecule has 2 nitrogen and oxygen atoms in total. The number of H-pyrrole nitrogens is 1. The first kappa shape index (κ1) is 7.92. The van der Waals surface area contributed by atoms with Crippen molar-refractivity contribution in [2.75, 3.05) is 7.11 Å². The summed E-state index contributed by atoms with van der Waals surface area (Å²) in [4.78, 5) is 3.32. The maximum Gasteiger partial charge on any atom is 0.122 e. The lowest BCUT2D eigenvalue weighted by Gasteiger charge is -2.15.